The molecule has 3 aromatic heterocycles. The Labute approximate surface area is 296 Å². The lowest BCUT2D eigenvalue weighted by molar-refractivity contribution is 0.408. The number of fused-ring (bicyclic) bond motifs is 9. The molecular formula is C45H29N3O2S. The average Bonchev–Trinajstić information content (AvgIpc) is 3.88. The molecule has 242 valence electrons. The van der Waals surface area contributed by atoms with E-state index < -0.39 is 0 Å². The standard InChI is InChI=1S/C45H29N3O2S/c1-2-9-26(10-3-1)43-46-44(29-17-20-32-31-12-5-7-16-40(31)51-41(32)25-29)48-45(47-43)34-14-8-13-33-36-24-28(19-22-39(36)50-42(33)34)27-18-21-38-35(23-27)30-11-4-6-15-37(30)49-38/h1-25,43,45,47H,(H,46,48). The van der Waals surface area contributed by atoms with Crippen LogP contribution < -0.4 is 10.6 Å². The van der Waals surface area contributed by atoms with Crippen molar-refractivity contribution in [2.45, 2.75) is 12.3 Å². The average molecular weight is 676 g/mol. The maximum atomic E-state index is 6.68. The summed E-state index contributed by atoms with van der Waals surface area (Å²) in [5, 5.41) is 14.5. The minimum atomic E-state index is -0.249. The van der Waals surface area contributed by atoms with E-state index in [2.05, 4.69) is 144 Å². The second-order valence-corrected chi connectivity index (χ2v) is 14.3. The van der Waals surface area contributed by atoms with Crippen LogP contribution in [0.25, 0.3) is 75.2 Å². The predicted molar refractivity (Wildman–Crippen MR) is 210 cm³/mol. The summed E-state index contributed by atoms with van der Waals surface area (Å²) in [7, 11) is 0. The van der Waals surface area contributed by atoms with Crippen LogP contribution in [0, 0.1) is 0 Å². The number of benzene rings is 7. The first-order valence-corrected chi connectivity index (χ1v) is 18.0. The van der Waals surface area contributed by atoms with Crippen LogP contribution in [0.1, 0.15) is 29.0 Å². The van der Waals surface area contributed by atoms with Crippen LogP contribution in [0.4, 0.5) is 0 Å². The van der Waals surface area contributed by atoms with Crippen molar-refractivity contribution in [3.8, 4) is 11.1 Å². The largest absolute Gasteiger partial charge is 0.456 e. The van der Waals surface area contributed by atoms with Crippen LogP contribution in [-0.2, 0) is 0 Å². The number of rotatable bonds is 4. The lowest BCUT2D eigenvalue weighted by Crippen LogP contribution is -2.45. The number of para-hydroxylation sites is 2. The third kappa shape index (κ3) is 4.61. The lowest BCUT2D eigenvalue weighted by Gasteiger charge is -2.32. The van der Waals surface area contributed by atoms with Crippen molar-refractivity contribution < 1.29 is 8.83 Å². The number of aliphatic imine (C=N–C) groups is 1. The van der Waals surface area contributed by atoms with Gasteiger partial charge in [-0.05, 0) is 59.2 Å². The van der Waals surface area contributed by atoms with E-state index in [1.54, 1.807) is 0 Å². The summed E-state index contributed by atoms with van der Waals surface area (Å²) in [5.41, 5.74) is 8.99. The van der Waals surface area contributed by atoms with E-state index in [1.807, 2.05) is 29.5 Å². The molecule has 2 unspecified atom stereocenters. The van der Waals surface area contributed by atoms with Gasteiger partial charge in [-0.1, -0.05) is 109 Å². The van der Waals surface area contributed by atoms with Gasteiger partial charge in [0.15, 0.2) is 0 Å². The van der Waals surface area contributed by atoms with Gasteiger partial charge in [0.05, 0.1) is 0 Å². The smallest absolute Gasteiger partial charge is 0.142 e. The molecule has 2 N–H and O–H groups in total. The SMILES string of the molecule is c1ccc(C2N=C(c3ccc4c(c3)sc3ccccc34)NC(c3cccc4c3oc3ccc(-c5ccc6oc7ccccc7c6c5)cc34)N2)cc1. The monoisotopic (exact) mass is 675 g/mol. The summed E-state index contributed by atoms with van der Waals surface area (Å²) in [4.78, 5) is 5.23. The van der Waals surface area contributed by atoms with E-state index >= 15 is 0 Å². The number of amidine groups is 1. The highest BCUT2D eigenvalue weighted by Crippen LogP contribution is 2.39. The van der Waals surface area contributed by atoms with Gasteiger partial charge in [0.25, 0.3) is 0 Å². The minimum Gasteiger partial charge on any atom is -0.456 e. The van der Waals surface area contributed by atoms with Crippen LogP contribution in [0.5, 0.6) is 0 Å². The zero-order valence-corrected chi connectivity index (χ0v) is 28.1. The molecule has 0 aliphatic carbocycles. The molecule has 1 aliphatic heterocycles. The molecule has 0 amide bonds. The predicted octanol–water partition coefficient (Wildman–Crippen LogP) is 11.9. The fourth-order valence-corrected chi connectivity index (χ4v) is 8.82. The molecule has 0 radical (unpaired) electrons. The van der Waals surface area contributed by atoms with Gasteiger partial charge in [-0.2, -0.15) is 0 Å². The lowest BCUT2D eigenvalue weighted by atomic mass is 10.00. The molecule has 0 fully saturated rings. The molecular weight excluding hydrogens is 647 g/mol. The van der Waals surface area contributed by atoms with Crippen LogP contribution in [0.3, 0.4) is 0 Å². The topological polar surface area (TPSA) is 62.7 Å². The third-order valence-corrected chi connectivity index (χ3v) is 11.3. The van der Waals surface area contributed by atoms with Crippen LogP contribution >= 0.6 is 11.3 Å². The fourth-order valence-electron chi connectivity index (χ4n) is 7.68. The molecule has 10 aromatic rings. The fraction of sp³-hybridized carbons (Fsp3) is 0.0444. The molecule has 6 heteroatoms. The molecule has 0 saturated carbocycles. The van der Waals surface area contributed by atoms with Gasteiger partial charge in [0, 0.05) is 52.8 Å². The quantitative estimate of drug-likeness (QED) is 0.195. The summed E-state index contributed by atoms with van der Waals surface area (Å²) in [6.07, 6.45) is -0.493. The molecule has 11 rings (SSSR count). The first-order chi connectivity index (χ1) is 25.2. The number of hydrogen-bond donors (Lipinski definition) is 2. The zero-order valence-electron chi connectivity index (χ0n) is 27.3. The maximum absolute atomic E-state index is 6.68. The van der Waals surface area contributed by atoms with Crippen LogP contribution in [-0.4, -0.2) is 5.84 Å². The Morgan fingerprint density at radius 1 is 0.490 bits per heavy atom. The molecule has 51 heavy (non-hydrogen) atoms. The van der Waals surface area contributed by atoms with E-state index in [9.17, 15) is 0 Å². The van der Waals surface area contributed by atoms with Crippen molar-refractivity contribution in [3.63, 3.8) is 0 Å². The van der Waals surface area contributed by atoms with Crippen molar-refractivity contribution in [3.05, 3.63) is 168 Å². The Morgan fingerprint density at radius 2 is 1.16 bits per heavy atom. The number of furan rings is 2. The number of nitrogens with one attached hydrogen (secondary N) is 2. The van der Waals surface area contributed by atoms with Gasteiger partial charge >= 0.3 is 0 Å². The summed E-state index contributed by atoms with van der Waals surface area (Å²) in [6, 6.07) is 53.3. The Morgan fingerprint density at radius 3 is 2.02 bits per heavy atom. The van der Waals surface area contributed by atoms with Gasteiger partial charge in [-0.25, -0.2) is 4.99 Å². The number of hydrogen-bond acceptors (Lipinski definition) is 6. The van der Waals surface area contributed by atoms with Gasteiger partial charge in [-0.3, -0.25) is 5.32 Å². The normalized spacial score (nSPS) is 16.4. The highest BCUT2D eigenvalue weighted by molar-refractivity contribution is 7.25. The second kappa shape index (κ2) is 11.2. The van der Waals surface area contributed by atoms with Crippen molar-refractivity contribution in [1.82, 2.24) is 10.6 Å². The Kier molecular flexibility index (Phi) is 6.26. The van der Waals surface area contributed by atoms with Gasteiger partial charge in [0.1, 0.15) is 40.5 Å². The molecule has 0 saturated heterocycles. The van der Waals surface area contributed by atoms with Crippen molar-refractivity contribution in [2.24, 2.45) is 4.99 Å². The number of nitrogens with zero attached hydrogens (tertiary/aromatic N) is 1. The van der Waals surface area contributed by atoms with Gasteiger partial charge in [0.2, 0.25) is 0 Å². The first kappa shape index (κ1) is 28.6. The Bertz CT molecular complexity index is 3010. The van der Waals surface area contributed by atoms with E-state index in [-0.39, 0.29) is 12.3 Å². The van der Waals surface area contributed by atoms with E-state index in [4.69, 9.17) is 13.8 Å². The summed E-state index contributed by atoms with van der Waals surface area (Å²) in [6.45, 7) is 0. The van der Waals surface area contributed by atoms with Crippen molar-refractivity contribution in [1.29, 1.82) is 0 Å². The van der Waals surface area contributed by atoms with Gasteiger partial charge < -0.3 is 14.2 Å². The van der Waals surface area contributed by atoms with Crippen LogP contribution in [0.15, 0.2) is 165 Å². The highest BCUT2D eigenvalue weighted by atomic mass is 32.1. The second-order valence-electron chi connectivity index (χ2n) is 13.2. The molecule has 0 spiro atoms. The summed E-state index contributed by atoms with van der Waals surface area (Å²) < 4.78 is 15.3. The summed E-state index contributed by atoms with van der Waals surface area (Å²) in [5.74, 6) is 0.851. The summed E-state index contributed by atoms with van der Waals surface area (Å²) >= 11 is 1.82. The molecule has 2 atom stereocenters. The Hall–Kier alpha value is -6.21. The van der Waals surface area contributed by atoms with E-state index in [0.29, 0.717) is 0 Å². The molecule has 1 aliphatic rings. The van der Waals surface area contributed by atoms with Crippen LogP contribution in [0.2, 0.25) is 0 Å². The molecule has 4 heterocycles. The van der Waals surface area contributed by atoms with E-state index in [1.165, 1.54) is 20.2 Å². The van der Waals surface area contributed by atoms with Gasteiger partial charge in [-0.15, -0.1) is 11.3 Å². The Balaban J connectivity index is 1.01. The minimum absolute atomic E-state index is 0.245. The van der Waals surface area contributed by atoms with E-state index in [0.717, 1.165) is 77.5 Å². The van der Waals surface area contributed by atoms with Crippen molar-refractivity contribution in [2.75, 3.05) is 0 Å². The third-order valence-electron chi connectivity index (χ3n) is 10.2. The number of thiophene rings is 1. The molecule has 0 bridgehead atoms. The molecule has 5 nitrogen and oxygen atoms in total. The first-order valence-electron chi connectivity index (χ1n) is 17.2. The maximum Gasteiger partial charge on any atom is 0.142 e. The van der Waals surface area contributed by atoms with Crippen molar-refractivity contribution >= 4 is 81.2 Å². The molecule has 7 aromatic carbocycles. The zero-order chi connectivity index (χ0) is 33.5. The highest BCUT2D eigenvalue weighted by Gasteiger charge is 2.28.